The van der Waals surface area contributed by atoms with E-state index in [1.54, 1.807) is 11.4 Å². The summed E-state index contributed by atoms with van der Waals surface area (Å²) in [4.78, 5) is 25.4. The van der Waals surface area contributed by atoms with Crippen LogP contribution in [0.5, 0.6) is 0 Å². The molecule has 3 N–H and O–H groups in total. The average Bonchev–Trinajstić information content (AvgIpc) is 3.47. The zero-order valence-electron chi connectivity index (χ0n) is 16.6. The molecule has 0 aliphatic rings. The quantitative estimate of drug-likeness (QED) is 0.220. The highest BCUT2D eigenvalue weighted by Crippen LogP contribution is 2.35. The van der Waals surface area contributed by atoms with Gasteiger partial charge >= 0.3 is 6.18 Å². The van der Waals surface area contributed by atoms with Gasteiger partial charge in [0.1, 0.15) is 5.15 Å². The lowest BCUT2D eigenvalue weighted by Gasteiger charge is -2.14. The Bertz CT molecular complexity index is 1430. The number of thiophene rings is 1. The lowest BCUT2D eigenvalue weighted by atomic mass is 10.1. The SMILES string of the molecule is NC=C(C(=O)Nc1cnc(-n2nccn2)c(Cl)c1)C(=Nc1cnc(Cl)c2sccc12)C(F)(F)F. The van der Waals surface area contributed by atoms with Crippen LogP contribution in [-0.4, -0.2) is 42.8 Å². The molecule has 0 aliphatic carbocycles. The smallest absolute Gasteiger partial charge is 0.404 e. The van der Waals surface area contributed by atoms with E-state index in [2.05, 4.69) is 30.5 Å². The normalized spacial score (nSPS) is 12.9. The van der Waals surface area contributed by atoms with Gasteiger partial charge in [0, 0.05) is 11.6 Å². The van der Waals surface area contributed by atoms with Crippen LogP contribution in [0.25, 0.3) is 15.9 Å². The summed E-state index contributed by atoms with van der Waals surface area (Å²) in [6.07, 6.45) is 0.580. The van der Waals surface area contributed by atoms with Crippen LogP contribution in [0.3, 0.4) is 0 Å². The molecule has 4 heterocycles. The Morgan fingerprint density at radius 3 is 2.59 bits per heavy atom. The van der Waals surface area contributed by atoms with Crippen molar-refractivity contribution < 1.29 is 18.0 Å². The second-order valence-corrected chi connectivity index (χ2v) is 8.12. The number of halogens is 5. The van der Waals surface area contributed by atoms with E-state index in [4.69, 9.17) is 28.9 Å². The molecule has 4 rings (SSSR count). The Balaban J connectivity index is 1.68. The molecule has 0 fully saturated rings. The van der Waals surface area contributed by atoms with Crippen molar-refractivity contribution in [1.29, 1.82) is 0 Å². The van der Waals surface area contributed by atoms with Gasteiger partial charge in [-0.1, -0.05) is 23.2 Å². The minimum absolute atomic E-state index is 0.0140. The van der Waals surface area contributed by atoms with Gasteiger partial charge in [0.2, 0.25) is 0 Å². The van der Waals surface area contributed by atoms with Crippen LogP contribution < -0.4 is 11.1 Å². The summed E-state index contributed by atoms with van der Waals surface area (Å²) >= 11 is 13.3. The van der Waals surface area contributed by atoms with Crippen molar-refractivity contribution in [3.63, 3.8) is 0 Å². The number of aliphatic imine (C=N–C) groups is 1. The first-order valence-corrected chi connectivity index (χ1v) is 10.8. The third-order valence-electron chi connectivity index (χ3n) is 4.28. The lowest BCUT2D eigenvalue weighted by Crippen LogP contribution is -2.32. The van der Waals surface area contributed by atoms with E-state index in [0.717, 1.165) is 11.0 Å². The van der Waals surface area contributed by atoms with Gasteiger partial charge in [-0.3, -0.25) is 4.79 Å². The van der Waals surface area contributed by atoms with Crippen molar-refractivity contribution in [1.82, 2.24) is 25.0 Å². The molecule has 0 atom stereocenters. The highest BCUT2D eigenvalue weighted by molar-refractivity contribution is 7.17. The first-order chi connectivity index (χ1) is 16.2. The van der Waals surface area contributed by atoms with Gasteiger partial charge in [-0.15, -0.1) is 16.1 Å². The predicted molar refractivity (Wildman–Crippen MR) is 123 cm³/mol. The highest BCUT2D eigenvalue weighted by Gasteiger charge is 2.41. The fourth-order valence-electron chi connectivity index (χ4n) is 2.83. The van der Waals surface area contributed by atoms with Gasteiger partial charge in [-0.2, -0.15) is 23.4 Å². The van der Waals surface area contributed by atoms with Gasteiger partial charge < -0.3 is 11.1 Å². The summed E-state index contributed by atoms with van der Waals surface area (Å²) in [7, 11) is 0. The Hall–Kier alpha value is -3.55. The predicted octanol–water partition coefficient (Wildman–Crippen LogP) is 4.69. The molecule has 15 heteroatoms. The number of carbonyl (C=O) groups is 1. The number of hydrogen-bond donors (Lipinski definition) is 2. The van der Waals surface area contributed by atoms with E-state index in [-0.39, 0.29) is 27.4 Å². The van der Waals surface area contributed by atoms with Crippen LogP contribution in [0, 0.1) is 0 Å². The minimum Gasteiger partial charge on any atom is -0.404 e. The second kappa shape index (κ2) is 9.37. The van der Waals surface area contributed by atoms with Crippen LogP contribution >= 0.6 is 34.5 Å². The summed E-state index contributed by atoms with van der Waals surface area (Å²) in [5.74, 6) is -1.02. The molecule has 0 saturated carbocycles. The molecule has 9 nitrogen and oxygen atoms in total. The molecule has 1 amide bonds. The van der Waals surface area contributed by atoms with E-state index in [0.29, 0.717) is 16.3 Å². The Kier molecular flexibility index (Phi) is 6.50. The molecule has 0 bridgehead atoms. The lowest BCUT2D eigenvalue weighted by molar-refractivity contribution is -0.113. The first kappa shape index (κ1) is 23.6. The molecule has 0 saturated heterocycles. The summed E-state index contributed by atoms with van der Waals surface area (Å²) in [6.45, 7) is 0. The monoisotopic (exact) mass is 526 g/mol. The third kappa shape index (κ3) is 4.71. The Morgan fingerprint density at radius 2 is 1.94 bits per heavy atom. The largest absolute Gasteiger partial charge is 0.434 e. The van der Waals surface area contributed by atoms with Crippen LogP contribution in [0.4, 0.5) is 24.5 Å². The number of nitrogens with two attached hydrogens (primary N) is 1. The fraction of sp³-hybridized carbons (Fsp3) is 0.0526. The number of fused-ring (bicyclic) bond motifs is 1. The zero-order valence-corrected chi connectivity index (χ0v) is 18.9. The number of amides is 1. The molecule has 0 aromatic carbocycles. The van der Waals surface area contributed by atoms with Crippen LogP contribution in [0.2, 0.25) is 10.2 Å². The first-order valence-electron chi connectivity index (χ1n) is 9.12. The molecule has 0 spiro atoms. The van der Waals surface area contributed by atoms with Crippen LogP contribution in [0.15, 0.2) is 59.1 Å². The van der Waals surface area contributed by atoms with Gasteiger partial charge in [-0.05, 0) is 17.5 Å². The number of anilines is 1. The molecule has 0 aliphatic heterocycles. The van der Waals surface area contributed by atoms with Gasteiger partial charge in [-0.25, -0.2) is 15.0 Å². The van der Waals surface area contributed by atoms with Crippen molar-refractivity contribution >= 4 is 67.6 Å². The fourth-order valence-corrected chi connectivity index (χ4v) is 4.15. The summed E-state index contributed by atoms with van der Waals surface area (Å²) in [5, 5.41) is 12.2. The highest BCUT2D eigenvalue weighted by atomic mass is 35.5. The maximum absolute atomic E-state index is 13.9. The van der Waals surface area contributed by atoms with Crippen molar-refractivity contribution in [2.24, 2.45) is 10.7 Å². The average molecular weight is 527 g/mol. The topological polar surface area (TPSA) is 124 Å². The molecule has 34 heavy (non-hydrogen) atoms. The summed E-state index contributed by atoms with van der Waals surface area (Å²) in [5.41, 5.74) is 2.87. The second-order valence-electron chi connectivity index (χ2n) is 6.44. The number of nitrogens with one attached hydrogen (secondary N) is 1. The van der Waals surface area contributed by atoms with Crippen molar-refractivity contribution in [3.8, 4) is 5.82 Å². The van der Waals surface area contributed by atoms with E-state index < -0.39 is 23.4 Å². The van der Waals surface area contributed by atoms with E-state index in [1.807, 2.05) is 0 Å². The van der Waals surface area contributed by atoms with E-state index >= 15 is 0 Å². The van der Waals surface area contributed by atoms with E-state index in [1.165, 1.54) is 36.0 Å². The number of nitrogens with zero attached hydrogens (tertiary/aromatic N) is 6. The van der Waals surface area contributed by atoms with Crippen LogP contribution in [-0.2, 0) is 4.79 Å². The molecule has 0 radical (unpaired) electrons. The summed E-state index contributed by atoms with van der Waals surface area (Å²) in [6, 6.07) is 2.83. The maximum Gasteiger partial charge on any atom is 0.434 e. The van der Waals surface area contributed by atoms with Crippen molar-refractivity contribution in [2.75, 3.05) is 5.32 Å². The molecule has 174 valence electrons. The number of rotatable bonds is 5. The van der Waals surface area contributed by atoms with Gasteiger partial charge in [0.15, 0.2) is 11.5 Å². The molecule has 4 aromatic rings. The number of carbonyl (C=O) groups excluding carboxylic acids is 1. The zero-order chi connectivity index (χ0) is 24.5. The number of aromatic nitrogens is 5. The van der Waals surface area contributed by atoms with Gasteiger partial charge in [0.25, 0.3) is 5.91 Å². The number of hydrogen-bond acceptors (Lipinski definition) is 8. The molecule has 0 unspecified atom stereocenters. The standard InChI is InChI=1S/C19H11Cl2F3N8OS/c20-12-5-9(7-27-17(12)32-28-2-3-29-32)30-18(33)11(6-25)15(19(22,23)24)31-13-8-26-16(21)14-10(13)1-4-34-14/h1-8H,25H2,(H,30,33). The Morgan fingerprint density at radius 1 is 1.21 bits per heavy atom. The maximum atomic E-state index is 13.9. The minimum atomic E-state index is -5.02. The van der Waals surface area contributed by atoms with Crippen molar-refractivity contribution in [2.45, 2.75) is 6.18 Å². The van der Waals surface area contributed by atoms with Crippen LogP contribution in [0.1, 0.15) is 0 Å². The Labute approximate surface area is 202 Å². The molecular formula is C19H11Cl2F3N8OS. The summed E-state index contributed by atoms with van der Waals surface area (Å²) < 4.78 is 42.2. The number of pyridine rings is 2. The van der Waals surface area contributed by atoms with Gasteiger partial charge in [0.05, 0.1) is 51.5 Å². The molecular weight excluding hydrogens is 516 g/mol. The third-order valence-corrected chi connectivity index (χ3v) is 5.88. The van der Waals surface area contributed by atoms with E-state index in [9.17, 15) is 18.0 Å². The van der Waals surface area contributed by atoms with Crippen molar-refractivity contribution in [3.05, 3.63) is 64.2 Å². The molecule has 4 aromatic heterocycles. The number of alkyl halides is 3.